The van der Waals surface area contributed by atoms with Crippen molar-refractivity contribution in [1.82, 2.24) is 4.90 Å². The lowest BCUT2D eigenvalue weighted by molar-refractivity contribution is -0.00824. The van der Waals surface area contributed by atoms with Crippen LogP contribution in [0.3, 0.4) is 0 Å². The van der Waals surface area contributed by atoms with Crippen molar-refractivity contribution in [3.8, 4) is 5.75 Å². The molecule has 1 unspecified atom stereocenters. The SMILES string of the molecule is COc1cccc(F)c1C(O)CCN1CCC(C)(O)CC1. The zero-order valence-corrected chi connectivity index (χ0v) is 12.7. The third-order valence-corrected chi connectivity index (χ3v) is 4.22. The third kappa shape index (κ3) is 4.15. The lowest BCUT2D eigenvalue weighted by atomic mass is 9.93. The highest BCUT2D eigenvalue weighted by Gasteiger charge is 2.27. The second kappa shape index (κ2) is 6.73. The smallest absolute Gasteiger partial charge is 0.132 e. The van der Waals surface area contributed by atoms with Crippen LogP contribution in [0.25, 0.3) is 0 Å². The van der Waals surface area contributed by atoms with Gasteiger partial charge in [0.15, 0.2) is 0 Å². The first-order chi connectivity index (χ1) is 9.93. The van der Waals surface area contributed by atoms with Crippen molar-refractivity contribution in [3.05, 3.63) is 29.6 Å². The Hall–Kier alpha value is -1.17. The molecule has 0 amide bonds. The Kier molecular flexibility index (Phi) is 5.19. The molecule has 0 spiro atoms. The number of aliphatic hydroxyl groups excluding tert-OH is 1. The molecule has 0 aromatic heterocycles. The predicted octanol–water partition coefficient (Wildman–Crippen LogP) is 2.10. The van der Waals surface area contributed by atoms with E-state index in [-0.39, 0.29) is 5.56 Å². The van der Waals surface area contributed by atoms with Crippen LogP contribution in [-0.2, 0) is 0 Å². The Bertz CT molecular complexity index is 469. The molecule has 21 heavy (non-hydrogen) atoms. The van der Waals surface area contributed by atoms with Crippen LogP contribution in [0.5, 0.6) is 5.75 Å². The third-order valence-electron chi connectivity index (χ3n) is 4.22. The summed E-state index contributed by atoms with van der Waals surface area (Å²) in [5.74, 6) is -0.0625. The molecule has 2 rings (SSSR count). The summed E-state index contributed by atoms with van der Waals surface area (Å²) in [4.78, 5) is 2.19. The van der Waals surface area contributed by atoms with Gasteiger partial charge in [0, 0.05) is 19.6 Å². The van der Waals surface area contributed by atoms with Gasteiger partial charge >= 0.3 is 0 Å². The molecule has 1 aliphatic rings. The molecule has 1 aromatic rings. The molecule has 1 atom stereocenters. The van der Waals surface area contributed by atoms with Gasteiger partial charge < -0.3 is 19.8 Å². The van der Waals surface area contributed by atoms with Crippen LogP contribution in [0, 0.1) is 5.82 Å². The molecule has 1 saturated heterocycles. The molecular weight excluding hydrogens is 273 g/mol. The van der Waals surface area contributed by atoms with Gasteiger partial charge in [0.25, 0.3) is 0 Å². The fourth-order valence-corrected chi connectivity index (χ4v) is 2.73. The van der Waals surface area contributed by atoms with Crippen molar-refractivity contribution >= 4 is 0 Å². The van der Waals surface area contributed by atoms with E-state index < -0.39 is 17.5 Å². The molecule has 1 heterocycles. The van der Waals surface area contributed by atoms with E-state index in [9.17, 15) is 14.6 Å². The van der Waals surface area contributed by atoms with E-state index in [0.717, 1.165) is 25.9 Å². The van der Waals surface area contributed by atoms with E-state index in [4.69, 9.17) is 4.74 Å². The average molecular weight is 297 g/mol. The first-order valence-corrected chi connectivity index (χ1v) is 7.38. The zero-order valence-electron chi connectivity index (χ0n) is 12.7. The fourth-order valence-electron chi connectivity index (χ4n) is 2.73. The molecule has 0 saturated carbocycles. The summed E-state index contributed by atoms with van der Waals surface area (Å²) in [7, 11) is 1.47. The summed E-state index contributed by atoms with van der Waals surface area (Å²) in [6, 6.07) is 4.55. The standard InChI is InChI=1S/C16H24FNO3/c1-16(20)7-10-18(11-8-16)9-6-13(19)15-12(17)4-3-5-14(15)21-2/h3-5,13,19-20H,6-11H2,1-2H3. The van der Waals surface area contributed by atoms with Crippen LogP contribution in [0.2, 0.25) is 0 Å². The van der Waals surface area contributed by atoms with Gasteiger partial charge in [-0.3, -0.25) is 0 Å². The molecule has 1 aliphatic heterocycles. The molecule has 5 heteroatoms. The van der Waals surface area contributed by atoms with Crippen molar-refractivity contribution in [1.29, 1.82) is 0 Å². The molecule has 0 radical (unpaired) electrons. The first-order valence-electron chi connectivity index (χ1n) is 7.38. The van der Waals surface area contributed by atoms with Crippen molar-refractivity contribution in [2.75, 3.05) is 26.7 Å². The normalized spacial score (nSPS) is 20.2. The van der Waals surface area contributed by atoms with E-state index in [0.29, 0.717) is 18.7 Å². The molecule has 2 N–H and O–H groups in total. The summed E-state index contributed by atoms with van der Waals surface area (Å²) in [5.41, 5.74) is -0.354. The lowest BCUT2D eigenvalue weighted by Crippen LogP contribution is -2.42. The van der Waals surface area contributed by atoms with Gasteiger partial charge in [0.1, 0.15) is 11.6 Å². The molecule has 0 aliphatic carbocycles. The van der Waals surface area contributed by atoms with Gasteiger partial charge in [-0.05, 0) is 38.3 Å². The molecule has 118 valence electrons. The topological polar surface area (TPSA) is 52.9 Å². The Morgan fingerprint density at radius 1 is 1.38 bits per heavy atom. The minimum Gasteiger partial charge on any atom is -0.496 e. The second-order valence-corrected chi connectivity index (χ2v) is 6.00. The number of methoxy groups -OCH3 is 1. The van der Waals surface area contributed by atoms with E-state index in [1.165, 1.54) is 13.2 Å². The minimum atomic E-state index is -0.886. The number of hydrogen-bond acceptors (Lipinski definition) is 4. The Morgan fingerprint density at radius 3 is 2.67 bits per heavy atom. The molecule has 1 fully saturated rings. The highest BCUT2D eigenvalue weighted by Crippen LogP contribution is 2.30. The number of hydrogen-bond donors (Lipinski definition) is 2. The first kappa shape index (κ1) is 16.2. The number of nitrogens with zero attached hydrogens (tertiary/aromatic N) is 1. The average Bonchev–Trinajstić information content (AvgIpc) is 2.45. The van der Waals surface area contributed by atoms with Crippen molar-refractivity contribution in [3.63, 3.8) is 0 Å². The highest BCUT2D eigenvalue weighted by molar-refractivity contribution is 5.36. The number of ether oxygens (including phenoxy) is 1. The lowest BCUT2D eigenvalue weighted by Gasteiger charge is -2.36. The van der Waals surface area contributed by atoms with Crippen LogP contribution in [0.4, 0.5) is 4.39 Å². The summed E-state index contributed by atoms with van der Waals surface area (Å²) in [6.45, 7) is 4.13. The quantitative estimate of drug-likeness (QED) is 0.874. The number of rotatable bonds is 5. The van der Waals surface area contributed by atoms with Gasteiger partial charge in [-0.15, -0.1) is 0 Å². The summed E-state index contributed by atoms with van der Waals surface area (Å²) >= 11 is 0. The maximum atomic E-state index is 13.9. The maximum absolute atomic E-state index is 13.9. The zero-order chi connectivity index (χ0) is 15.5. The fraction of sp³-hybridized carbons (Fsp3) is 0.625. The monoisotopic (exact) mass is 297 g/mol. The molecular formula is C16H24FNO3. The summed E-state index contributed by atoms with van der Waals surface area (Å²) in [5, 5.41) is 20.2. The van der Waals surface area contributed by atoms with Crippen LogP contribution < -0.4 is 4.74 Å². The number of halogens is 1. The number of aliphatic hydroxyl groups is 2. The van der Waals surface area contributed by atoms with E-state index >= 15 is 0 Å². The van der Waals surface area contributed by atoms with E-state index in [2.05, 4.69) is 4.90 Å². The van der Waals surface area contributed by atoms with Crippen LogP contribution in [-0.4, -0.2) is 47.5 Å². The van der Waals surface area contributed by atoms with E-state index in [1.54, 1.807) is 12.1 Å². The Labute approximate surface area is 125 Å². The van der Waals surface area contributed by atoms with Crippen molar-refractivity contribution < 1.29 is 19.3 Å². The van der Waals surface area contributed by atoms with Crippen LogP contribution in [0.1, 0.15) is 37.9 Å². The Balaban J connectivity index is 1.92. The van der Waals surface area contributed by atoms with Gasteiger partial charge in [-0.1, -0.05) is 6.07 Å². The maximum Gasteiger partial charge on any atom is 0.132 e. The van der Waals surface area contributed by atoms with Crippen LogP contribution >= 0.6 is 0 Å². The van der Waals surface area contributed by atoms with Gasteiger partial charge in [0.2, 0.25) is 0 Å². The van der Waals surface area contributed by atoms with Gasteiger partial charge in [-0.25, -0.2) is 4.39 Å². The van der Waals surface area contributed by atoms with E-state index in [1.807, 2.05) is 6.92 Å². The minimum absolute atomic E-state index is 0.226. The van der Waals surface area contributed by atoms with Gasteiger partial charge in [0.05, 0.1) is 24.4 Å². The number of benzene rings is 1. The molecule has 4 nitrogen and oxygen atoms in total. The number of likely N-dealkylation sites (tertiary alicyclic amines) is 1. The highest BCUT2D eigenvalue weighted by atomic mass is 19.1. The van der Waals surface area contributed by atoms with Gasteiger partial charge in [-0.2, -0.15) is 0 Å². The second-order valence-electron chi connectivity index (χ2n) is 6.00. The predicted molar refractivity (Wildman–Crippen MR) is 78.8 cm³/mol. The Morgan fingerprint density at radius 2 is 2.05 bits per heavy atom. The molecule has 0 bridgehead atoms. The van der Waals surface area contributed by atoms with Crippen LogP contribution in [0.15, 0.2) is 18.2 Å². The van der Waals surface area contributed by atoms with Crippen molar-refractivity contribution in [2.24, 2.45) is 0 Å². The number of piperidine rings is 1. The summed E-state index contributed by atoms with van der Waals surface area (Å²) < 4.78 is 19.0. The van der Waals surface area contributed by atoms with Crippen molar-refractivity contribution in [2.45, 2.75) is 37.9 Å². The largest absolute Gasteiger partial charge is 0.496 e. The summed E-state index contributed by atoms with van der Waals surface area (Å²) in [6.07, 6.45) is 1.01. The molecule has 1 aromatic carbocycles.